The van der Waals surface area contributed by atoms with E-state index in [0.29, 0.717) is 24.1 Å². The van der Waals surface area contributed by atoms with E-state index in [9.17, 15) is 22.4 Å². The van der Waals surface area contributed by atoms with Crippen molar-refractivity contribution in [1.29, 1.82) is 0 Å². The second kappa shape index (κ2) is 8.73. The molecule has 150 valence electrons. The van der Waals surface area contributed by atoms with Gasteiger partial charge in [0.15, 0.2) is 0 Å². The number of amides is 1. The number of halogens is 4. The van der Waals surface area contributed by atoms with Gasteiger partial charge in [0.2, 0.25) is 0 Å². The van der Waals surface area contributed by atoms with Gasteiger partial charge in [-0.05, 0) is 54.7 Å². The molecule has 1 fully saturated rings. The summed E-state index contributed by atoms with van der Waals surface area (Å²) in [5.74, 6) is -0.418. The fourth-order valence-electron chi connectivity index (χ4n) is 3.45. The first-order valence-corrected chi connectivity index (χ1v) is 9.11. The van der Waals surface area contributed by atoms with Crippen LogP contribution in [0.25, 0.3) is 0 Å². The number of benzene rings is 2. The minimum atomic E-state index is -4.36. The predicted molar refractivity (Wildman–Crippen MR) is 96.3 cm³/mol. The summed E-state index contributed by atoms with van der Waals surface area (Å²) in [5, 5.41) is 0. The summed E-state index contributed by atoms with van der Waals surface area (Å²) in [6.45, 7) is -0.835. The van der Waals surface area contributed by atoms with E-state index in [4.69, 9.17) is 0 Å². The molecule has 1 heterocycles. The highest BCUT2D eigenvalue weighted by Gasteiger charge is 2.30. The van der Waals surface area contributed by atoms with E-state index >= 15 is 0 Å². The maximum atomic E-state index is 13.4. The molecule has 1 unspecified atom stereocenters. The van der Waals surface area contributed by atoms with Crippen molar-refractivity contribution in [2.24, 2.45) is 0 Å². The molecule has 0 saturated carbocycles. The lowest BCUT2D eigenvalue weighted by atomic mass is 10.0. The summed E-state index contributed by atoms with van der Waals surface area (Å²) >= 11 is 0. The van der Waals surface area contributed by atoms with E-state index in [1.165, 1.54) is 12.1 Å². The Kier molecular flexibility index (Phi) is 6.34. The Morgan fingerprint density at radius 2 is 1.86 bits per heavy atom. The molecule has 3 rings (SSSR count). The van der Waals surface area contributed by atoms with Gasteiger partial charge in [-0.3, -0.25) is 4.79 Å². The molecular weight excluding hydrogens is 374 g/mol. The smallest absolute Gasteiger partial charge is 0.367 e. The van der Waals surface area contributed by atoms with E-state index in [1.807, 2.05) is 6.07 Å². The van der Waals surface area contributed by atoms with Crippen LogP contribution in [0.15, 0.2) is 48.5 Å². The highest BCUT2D eigenvalue weighted by Crippen LogP contribution is 2.24. The normalized spacial score (nSPS) is 17.1. The maximum Gasteiger partial charge on any atom is 0.411 e. The van der Waals surface area contributed by atoms with Gasteiger partial charge in [0, 0.05) is 18.2 Å². The van der Waals surface area contributed by atoms with Crippen molar-refractivity contribution in [1.82, 2.24) is 4.90 Å². The molecule has 0 aromatic heterocycles. The third kappa shape index (κ3) is 5.55. The number of nitrogens with zero attached hydrogens (tertiary/aromatic N) is 1. The van der Waals surface area contributed by atoms with E-state index in [1.54, 1.807) is 35.2 Å². The highest BCUT2D eigenvalue weighted by atomic mass is 19.4. The van der Waals surface area contributed by atoms with E-state index in [-0.39, 0.29) is 24.4 Å². The van der Waals surface area contributed by atoms with E-state index in [2.05, 4.69) is 4.74 Å². The van der Waals surface area contributed by atoms with Crippen molar-refractivity contribution >= 4 is 5.91 Å². The van der Waals surface area contributed by atoms with Crippen LogP contribution in [0, 0.1) is 5.82 Å². The van der Waals surface area contributed by atoms with Crippen LogP contribution < -0.4 is 0 Å². The molecule has 3 nitrogen and oxygen atoms in total. The molecule has 1 aliphatic heterocycles. The lowest BCUT2D eigenvalue weighted by molar-refractivity contribution is -0.176. The summed E-state index contributed by atoms with van der Waals surface area (Å²) < 4.78 is 54.4. The molecule has 0 N–H and O–H groups in total. The molecule has 1 saturated heterocycles. The summed E-state index contributed by atoms with van der Waals surface area (Å²) in [5.41, 5.74) is 1.89. The zero-order valence-corrected chi connectivity index (χ0v) is 15.2. The van der Waals surface area contributed by atoms with Crippen LogP contribution in [0.4, 0.5) is 17.6 Å². The van der Waals surface area contributed by atoms with Crippen molar-refractivity contribution in [3.8, 4) is 0 Å². The Balaban J connectivity index is 1.60. The third-order valence-electron chi connectivity index (χ3n) is 4.73. The van der Waals surface area contributed by atoms with Crippen molar-refractivity contribution in [3.05, 3.63) is 71.0 Å². The van der Waals surface area contributed by atoms with Gasteiger partial charge in [-0.2, -0.15) is 13.2 Å². The standard InChI is InChI=1S/C21H21F4NO2/c22-18-4-1-3-16(11-18)12-19-5-2-10-26(19)20(27)17-8-6-15(7-9-17)13-28-14-21(23,24)25/h1,3-4,6-9,11,19H,2,5,10,12-14H2. The fourth-order valence-corrected chi connectivity index (χ4v) is 3.45. The first-order chi connectivity index (χ1) is 13.3. The van der Waals surface area contributed by atoms with Gasteiger partial charge in [0.25, 0.3) is 5.91 Å². The van der Waals surface area contributed by atoms with E-state index in [0.717, 1.165) is 18.4 Å². The van der Waals surface area contributed by atoms with Crippen LogP contribution in [0.5, 0.6) is 0 Å². The van der Waals surface area contributed by atoms with Crippen molar-refractivity contribution in [2.45, 2.75) is 38.1 Å². The van der Waals surface area contributed by atoms with Crippen LogP contribution in [0.1, 0.15) is 34.3 Å². The fraction of sp³-hybridized carbons (Fsp3) is 0.381. The predicted octanol–water partition coefficient (Wildman–Crippen LogP) is 4.75. The number of carbonyl (C=O) groups excluding carboxylic acids is 1. The number of carbonyl (C=O) groups is 1. The first kappa shape index (κ1) is 20.3. The average Bonchev–Trinajstić information content (AvgIpc) is 3.09. The number of alkyl halides is 3. The van der Waals surface area contributed by atoms with Gasteiger partial charge in [-0.1, -0.05) is 24.3 Å². The Morgan fingerprint density at radius 3 is 2.54 bits per heavy atom. The molecule has 2 aromatic carbocycles. The number of likely N-dealkylation sites (tertiary alicyclic amines) is 1. The van der Waals surface area contributed by atoms with E-state index < -0.39 is 12.8 Å². The van der Waals surface area contributed by atoms with Crippen molar-refractivity contribution in [2.75, 3.05) is 13.2 Å². The molecule has 2 aromatic rings. The largest absolute Gasteiger partial charge is 0.411 e. The molecule has 0 radical (unpaired) electrons. The molecular formula is C21H21F4NO2. The van der Waals surface area contributed by atoms with Crippen LogP contribution in [0.3, 0.4) is 0 Å². The topological polar surface area (TPSA) is 29.5 Å². The molecule has 0 bridgehead atoms. The lowest BCUT2D eigenvalue weighted by Gasteiger charge is -2.25. The zero-order valence-electron chi connectivity index (χ0n) is 15.2. The van der Waals surface area contributed by atoms with Gasteiger partial charge in [-0.15, -0.1) is 0 Å². The molecule has 1 atom stereocenters. The zero-order chi connectivity index (χ0) is 20.1. The molecule has 1 amide bonds. The minimum absolute atomic E-state index is 0.00379. The minimum Gasteiger partial charge on any atom is -0.367 e. The van der Waals surface area contributed by atoms with Crippen LogP contribution in [-0.2, 0) is 17.8 Å². The summed E-state index contributed by atoms with van der Waals surface area (Å²) in [6, 6.07) is 12.8. The SMILES string of the molecule is O=C(c1ccc(COCC(F)(F)F)cc1)N1CCCC1Cc1cccc(F)c1. The van der Waals surface area contributed by atoms with Gasteiger partial charge in [0.1, 0.15) is 12.4 Å². The average molecular weight is 395 g/mol. The molecule has 1 aliphatic rings. The highest BCUT2D eigenvalue weighted by molar-refractivity contribution is 5.94. The Hall–Kier alpha value is -2.41. The molecule has 0 spiro atoms. The van der Waals surface area contributed by atoms with Gasteiger partial charge in [-0.25, -0.2) is 4.39 Å². The molecule has 7 heteroatoms. The second-order valence-electron chi connectivity index (χ2n) is 6.93. The van der Waals surface area contributed by atoms with Gasteiger partial charge < -0.3 is 9.64 Å². The Morgan fingerprint density at radius 1 is 1.11 bits per heavy atom. The monoisotopic (exact) mass is 395 g/mol. The Labute approximate surface area is 160 Å². The number of ether oxygens (including phenoxy) is 1. The molecule has 0 aliphatic carbocycles. The number of hydrogen-bond donors (Lipinski definition) is 0. The summed E-state index contributed by atoms with van der Waals surface area (Å²) in [7, 11) is 0. The summed E-state index contributed by atoms with van der Waals surface area (Å²) in [4.78, 5) is 14.6. The first-order valence-electron chi connectivity index (χ1n) is 9.11. The Bertz CT molecular complexity index is 805. The quantitative estimate of drug-likeness (QED) is 0.661. The lowest BCUT2D eigenvalue weighted by Crippen LogP contribution is -2.36. The summed E-state index contributed by atoms with van der Waals surface area (Å²) in [6.07, 6.45) is -2.03. The molecule has 28 heavy (non-hydrogen) atoms. The number of hydrogen-bond acceptors (Lipinski definition) is 2. The van der Waals surface area contributed by atoms with Crippen molar-refractivity contribution < 1.29 is 27.1 Å². The van der Waals surface area contributed by atoms with Crippen LogP contribution in [-0.4, -0.2) is 36.2 Å². The van der Waals surface area contributed by atoms with Crippen LogP contribution >= 0.6 is 0 Å². The maximum absolute atomic E-state index is 13.4. The van der Waals surface area contributed by atoms with Crippen molar-refractivity contribution in [3.63, 3.8) is 0 Å². The third-order valence-corrected chi connectivity index (χ3v) is 4.73. The van der Waals surface area contributed by atoms with Gasteiger partial charge >= 0.3 is 6.18 Å². The van der Waals surface area contributed by atoms with Crippen LogP contribution in [0.2, 0.25) is 0 Å². The number of rotatable bonds is 6. The second-order valence-corrected chi connectivity index (χ2v) is 6.93. The van der Waals surface area contributed by atoms with Gasteiger partial charge in [0.05, 0.1) is 6.61 Å².